The molecular formula is C17H26Cl2N+. The predicted octanol–water partition coefficient (Wildman–Crippen LogP) is 5.50. The van der Waals surface area contributed by atoms with Gasteiger partial charge in [-0.15, -0.1) is 0 Å². The van der Waals surface area contributed by atoms with Crippen LogP contribution >= 0.6 is 23.2 Å². The highest BCUT2D eigenvalue weighted by Gasteiger charge is 2.51. The van der Waals surface area contributed by atoms with Gasteiger partial charge >= 0.3 is 0 Å². The van der Waals surface area contributed by atoms with E-state index in [1.54, 1.807) is 0 Å². The molecule has 0 radical (unpaired) electrons. The van der Waals surface area contributed by atoms with E-state index >= 15 is 0 Å². The Labute approximate surface area is 133 Å². The van der Waals surface area contributed by atoms with Crippen LogP contribution in [0.25, 0.3) is 0 Å². The van der Waals surface area contributed by atoms with Crippen molar-refractivity contribution in [3.63, 3.8) is 0 Å². The zero-order chi connectivity index (χ0) is 15.0. The molecule has 0 unspecified atom stereocenters. The van der Waals surface area contributed by atoms with Gasteiger partial charge in [-0.3, -0.25) is 0 Å². The molecule has 0 saturated heterocycles. The monoisotopic (exact) mass is 314 g/mol. The second-order valence-corrected chi connectivity index (χ2v) is 7.92. The quantitative estimate of drug-likeness (QED) is 0.630. The van der Waals surface area contributed by atoms with Crippen LogP contribution in [-0.2, 0) is 5.54 Å². The number of hydrogen-bond acceptors (Lipinski definition) is 0. The molecule has 1 aliphatic carbocycles. The predicted molar refractivity (Wildman–Crippen MR) is 88.4 cm³/mol. The lowest BCUT2D eigenvalue weighted by molar-refractivity contribution is -0.957. The summed E-state index contributed by atoms with van der Waals surface area (Å²) in [7, 11) is 4.73. The molecule has 0 aromatic heterocycles. The second kappa shape index (κ2) is 5.87. The molecule has 1 aromatic rings. The summed E-state index contributed by atoms with van der Waals surface area (Å²) in [6.45, 7) is 5.80. The third kappa shape index (κ3) is 2.86. The van der Waals surface area contributed by atoms with E-state index in [0.717, 1.165) is 10.4 Å². The van der Waals surface area contributed by atoms with E-state index in [-0.39, 0.29) is 5.54 Å². The number of hydrogen-bond donors (Lipinski definition) is 0. The van der Waals surface area contributed by atoms with Crippen molar-refractivity contribution in [1.82, 2.24) is 0 Å². The maximum absolute atomic E-state index is 6.24. The summed E-state index contributed by atoms with van der Waals surface area (Å²) in [5.41, 5.74) is 1.58. The molecule has 1 aliphatic rings. The molecule has 1 saturated carbocycles. The summed E-state index contributed by atoms with van der Waals surface area (Å²) < 4.78 is 1.04. The summed E-state index contributed by atoms with van der Waals surface area (Å²) in [5.74, 6) is 0.748. The fourth-order valence-corrected chi connectivity index (χ4v) is 3.63. The van der Waals surface area contributed by atoms with E-state index in [9.17, 15) is 0 Å². The van der Waals surface area contributed by atoms with Crippen molar-refractivity contribution in [2.45, 2.75) is 45.1 Å². The normalized spacial score (nSPS) is 18.1. The first-order chi connectivity index (χ1) is 9.28. The third-order valence-electron chi connectivity index (χ3n) is 5.06. The molecule has 0 spiro atoms. The first-order valence-corrected chi connectivity index (χ1v) is 8.33. The van der Waals surface area contributed by atoms with Gasteiger partial charge in [0.25, 0.3) is 0 Å². The highest BCUT2D eigenvalue weighted by Crippen LogP contribution is 2.50. The number of quaternary nitrogens is 1. The summed E-state index contributed by atoms with van der Waals surface area (Å²) in [5, 5.41) is 1.33. The average molecular weight is 315 g/mol. The van der Waals surface area contributed by atoms with Gasteiger partial charge in [0, 0.05) is 18.4 Å². The highest BCUT2D eigenvalue weighted by molar-refractivity contribution is 6.42. The second-order valence-electron chi connectivity index (χ2n) is 7.11. The van der Waals surface area contributed by atoms with Crippen molar-refractivity contribution in [2.75, 3.05) is 20.6 Å². The van der Waals surface area contributed by atoms with E-state index in [4.69, 9.17) is 23.2 Å². The number of halogens is 2. The summed E-state index contributed by atoms with van der Waals surface area (Å²) >= 11 is 12.3. The van der Waals surface area contributed by atoms with Crippen LogP contribution in [0.1, 0.15) is 45.1 Å². The fraction of sp³-hybridized carbons (Fsp3) is 0.647. The van der Waals surface area contributed by atoms with Gasteiger partial charge in [0.2, 0.25) is 0 Å². The van der Waals surface area contributed by atoms with Crippen LogP contribution in [0.15, 0.2) is 18.2 Å². The minimum absolute atomic E-state index is 0.225. The van der Waals surface area contributed by atoms with Crippen LogP contribution in [-0.4, -0.2) is 25.1 Å². The van der Waals surface area contributed by atoms with Crippen LogP contribution < -0.4 is 0 Å². The lowest BCUT2D eigenvalue weighted by Gasteiger charge is -2.54. The topological polar surface area (TPSA) is 0 Å². The highest BCUT2D eigenvalue weighted by atomic mass is 35.5. The molecular weight excluding hydrogens is 289 g/mol. The van der Waals surface area contributed by atoms with Crippen molar-refractivity contribution in [2.24, 2.45) is 5.92 Å². The lowest BCUT2D eigenvalue weighted by Crippen LogP contribution is -2.61. The van der Waals surface area contributed by atoms with E-state index < -0.39 is 0 Å². The Kier molecular flexibility index (Phi) is 4.73. The van der Waals surface area contributed by atoms with Crippen molar-refractivity contribution >= 4 is 23.2 Å². The fourth-order valence-electron chi connectivity index (χ4n) is 3.34. The van der Waals surface area contributed by atoms with E-state index in [2.05, 4.69) is 40.1 Å². The zero-order valence-electron chi connectivity index (χ0n) is 13.0. The van der Waals surface area contributed by atoms with Gasteiger partial charge in [0.05, 0.1) is 30.7 Å². The molecule has 112 valence electrons. The smallest absolute Gasteiger partial charge is 0.124 e. The SMILES string of the molecule is CC(C)CC[N+](C)(C)C1(c2ccc(Cl)c(Cl)c2)CCC1. The number of nitrogens with zero attached hydrogens (tertiary/aromatic N) is 1. The third-order valence-corrected chi connectivity index (χ3v) is 5.80. The van der Waals surface area contributed by atoms with Crippen LogP contribution in [0.5, 0.6) is 0 Å². The van der Waals surface area contributed by atoms with Gasteiger partial charge in [-0.05, 0) is 30.9 Å². The first-order valence-electron chi connectivity index (χ1n) is 7.57. The molecule has 0 amide bonds. The number of rotatable bonds is 5. The molecule has 0 aliphatic heterocycles. The van der Waals surface area contributed by atoms with Gasteiger partial charge in [-0.1, -0.05) is 43.1 Å². The summed E-state index contributed by atoms with van der Waals surface area (Å²) in [6, 6.07) is 6.20. The molecule has 0 bridgehead atoms. The van der Waals surface area contributed by atoms with E-state index in [0.29, 0.717) is 10.0 Å². The molecule has 2 rings (SSSR count). The van der Waals surface area contributed by atoms with Crippen LogP contribution in [0, 0.1) is 5.92 Å². The Balaban J connectivity index is 2.30. The van der Waals surface area contributed by atoms with Gasteiger partial charge in [0.1, 0.15) is 5.54 Å². The summed E-state index contributed by atoms with van der Waals surface area (Å²) in [4.78, 5) is 0. The Morgan fingerprint density at radius 2 is 1.80 bits per heavy atom. The van der Waals surface area contributed by atoms with Crippen molar-refractivity contribution in [3.8, 4) is 0 Å². The van der Waals surface area contributed by atoms with Crippen LogP contribution in [0.2, 0.25) is 10.0 Å². The van der Waals surface area contributed by atoms with Crippen molar-refractivity contribution in [1.29, 1.82) is 0 Å². The van der Waals surface area contributed by atoms with Gasteiger partial charge in [-0.25, -0.2) is 0 Å². The standard InChI is InChI=1S/C17H26Cl2N/c1-13(2)8-11-20(3,4)17(9-5-10-17)14-6-7-15(18)16(19)12-14/h6-7,12-13H,5,8-11H2,1-4H3/q+1. The molecule has 0 atom stereocenters. The average Bonchev–Trinajstić information content (AvgIpc) is 2.29. The van der Waals surface area contributed by atoms with Crippen molar-refractivity contribution in [3.05, 3.63) is 33.8 Å². The van der Waals surface area contributed by atoms with E-state index in [1.807, 2.05) is 6.07 Å². The van der Waals surface area contributed by atoms with E-state index in [1.165, 1.54) is 37.8 Å². The molecule has 3 heteroatoms. The Morgan fingerprint density at radius 3 is 2.25 bits per heavy atom. The van der Waals surface area contributed by atoms with Gasteiger partial charge in [0.15, 0.2) is 0 Å². The zero-order valence-corrected chi connectivity index (χ0v) is 14.6. The first kappa shape index (κ1) is 16.1. The Bertz CT molecular complexity index is 476. The Morgan fingerprint density at radius 1 is 1.15 bits per heavy atom. The number of benzene rings is 1. The maximum atomic E-state index is 6.24. The summed E-state index contributed by atoms with van der Waals surface area (Å²) in [6.07, 6.45) is 5.06. The van der Waals surface area contributed by atoms with Crippen molar-refractivity contribution < 1.29 is 4.48 Å². The van der Waals surface area contributed by atoms with Crippen LogP contribution in [0.4, 0.5) is 0 Å². The minimum atomic E-state index is 0.225. The largest absolute Gasteiger partial charge is 0.320 e. The molecule has 20 heavy (non-hydrogen) atoms. The minimum Gasteiger partial charge on any atom is -0.320 e. The van der Waals surface area contributed by atoms with Gasteiger partial charge < -0.3 is 4.48 Å². The lowest BCUT2D eigenvalue weighted by atomic mass is 9.69. The molecule has 0 heterocycles. The van der Waals surface area contributed by atoms with Crippen LogP contribution in [0.3, 0.4) is 0 Å². The molecule has 1 fully saturated rings. The molecule has 0 N–H and O–H groups in total. The molecule has 1 nitrogen and oxygen atoms in total. The maximum Gasteiger partial charge on any atom is 0.124 e. The molecule has 1 aromatic carbocycles. The Hall–Kier alpha value is -0.240. The van der Waals surface area contributed by atoms with Gasteiger partial charge in [-0.2, -0.15) is 0 Å².